The van der Waals surface area contributed by atoms with Crippen molar-refractivity contribution in [1.29, 1.82) is 5.26 Å². The molecule has 0 saturated carbocycles. The van der Waals surface area contributed by atoms with Crippen molar-refractivity contribution in [3.63, 3.8) is 0 Å². The fraction of sp³-hybridized carbons (Fsp3) is 0.0667. The SMILES string of the molecule is N#CC(=Cc1ccc(O)c([N+](=O)[O-])c1)c1ccc(C(F)(F)F)cn1. The Morgan fingerprint density at radius 2 is 2.04 bits per heavy atom. The van der Waals surface area contributed by atoms with Gasteiger partial charge in [0.2, 0.25) is 0 Å². The number of nitro groups is 1. The summed E-state index contributed by atoms with van der Waals surface area (Å²) < 4.78 is 37.5. The summed E-state index contributed by atoms with van der Waals surface area (Å²) in [5, 5.41) is 29.3. The van der Waals surface area contributed by atoms with E-state index in [4.69, 9.17) is 5.26 Å². The first-order valence-corrected chi connectivity index (χ1v) is 6.35. The van der Waals surface area contributed by atoms with Gasteiger partial charge in [-0.2, -0.15) is 18.4 Å². The second-order valence-electron chi connectivity index (χ2n) is 4.60. The Morgan fingerprint density at radius 3 is 2.54 bits per heavy atom. The summed E-state index contributed by atoms with van der Waals surface area (Å²) in [7, 11) is 0. The quantitative estimate of drug-likeness (QED) is 0.523. The first-order valence-electron chi connectivity index (χ1n) is 6.35. The molecule has 0 fully saturated rings. The highest BCUT2D eigenvalue weighted by molar-refractivity contribution is 5.88. The van der Waals surface area contributed by atoms with Crippen LogP contribution in [0.15, 0.2) is 36.5 Å². The molecule has 0 bridgehead atoms. The van der Waals surface area contributed by atoms with Crippen LogP contribution in [0.3, 0.4) is 0 Å². The van der Waals surface area contributed by atoms with Crippen molar-refractivity contribution in [2.45, 2.75) is 6.18 Å². The summed E-state index contributed by atoms with van der Waals surface area (Å²) in [5.74, 6) is -0.539. The van der Waals surface area contributed by atoms with E-state index in [2.05, 4.69) is 4.98 Å². The molecular weight excluding hydrogens is 327 g/mol. The van der Waals surface area contributed by atoms with E-state index in [0.29, 0.717) is 6.20 Å². The fourth-order valence-corrected chi connectivity index (χ4v) is 1.83. The van der Waals surface area contributed by atoms with E-state index in [9.17, 15) is 28.4 Å². The number of phenolic OH excluding ortho intramolecular Hbond substituents is 1. The summed E-state index contributed by atoms with van der Waals surface area (Å²) in [6.45, 7) is 0. The van der Waals surface area contributed by atoms with Gasteiger partial charge in [0.1, 0.15) is 6.07 Å². The van der Waals surface area contributed by atoms with E-state index in [-0.39, 0.29) is 16.8 Å². The van der Waals surface area contributed by atoms with E-state index in [0.717, 1.165) is 24.3 Å². The van der Waals surface area contributed by atoms with Crippen molar-refractivity contribution in [3.05, 3.63) is 63.5 Å². The summed E-state index contributed by atoms with van der Waals surface area (Å²) in [4.78, 5) is 13.6. The van der Waals surface area contributed by atoms with Crippen molar-refractivity contribution in [3.8, 4) is 11.8 Å². The third-order valence-corrected chi connectivity index (χ3v) is 2.99. The number of hydrogen-bond donors (Lipinski definition) is 1. The van der Waals surface area contributed by atoms with Crippen LogP contribution >= 0.6 is 0 Å². The lowest BCUT2D eigenvalue weighted by molar-refractivity contribution is -0.385. The molecule has 0 spiro atoms. The number of nitriles is 1. The molecule has 6 nitrogen and oxygen atoms in total. The highest BCUT2D eigenvalue weighted by atomic mass is 19.4. The van der Waals surface area contributed by atoms with Crippen molar-refractivity contribution in [1.82, 2.24) is 4.98 Å². The molecule has 0 amide bonds. The standard InChI is InChI=1S/C15H8F3N3O3/c16-15(17,18)11-2-3-12(20-8-11)10(7-19)5-9-1-4-14(22)13(6-9)21(23)24/h1-6,8,22H. The van der Waals surface area contributed by atoms with Crippen LogP contribution in [0.25, 0.3) is 11.6 Å². The Kier molecular flexibility index (Phi) is 4.50. The molecule has 1 heterocycles. The fourth-order valence-electron chi connectivity index (χ4n) is 1.83. The maximum atomic E-state index is 12.5. The number of hydrogen-bond acceptors (Lipinski definition) is 5. The zero-order chi connectivity index (χ0) is 17.9. The Balaban J connectivity index is 2.42. The lowest BCUT2D eigenvalue weighted by Gasteiger charge is -2.06. The molecule has 0 atom stereocenters. The molecule has 0 unspecified atom stereocenters. The number of alkyl halides is 3. The summed E-state index contributed by atoms with van der Waals surface area (Å²) >= 11 is 0. The molecule has 1 aromatic heterocycles. The van der Waals surface area contributed by atoms with E-state index in [1.54, 1.807) is 6.07 Å². The van der Waals surface area contributed by atoms with E-state index < -0.39 is 28.1 Å². The first kappa shape index (κ1) is 17.0. The van der Waals surface area contributed by atoms with Crippen molar-refractivity contribution in [2.24, 2.45) is 0 Å². The second kappa shape index (κ2) is 6.37. The summed E-state index contributed by atoms with van der Waals surface area (Å²) in [5.41, 5.74) is -1.38. The van der Waals surface area contributed by atoms with Crippen LogP contribution < -0.4 is 0 Å². The van der Waals surface area contributed by atoms with Gasteiger partial charge < -0.3 is 5.11 Å². The van der Waals surface area contributed by atoms with Crippen LogP contribution in [0.2, 0.25) is 0 Å². The van der Waals surface area contributed by atoms with Gasteiger partial charge in [-0.1, -0.05) is 6.07 Å². The molecule has 9 heteroatoms. The van der Waals surface area contributed by atoms with Gasteiger partial charge >= 0.3 is 11.9 Å². The van der Waals surface area contributed by atoms with Crippen molar-refractivity contribution in [2.75, 3.05) is 0 Å². The van der Waals surface area contributed by atoms with Crippen LogP contribution in [-0.4, -0.2) is 15.0 Å². The highest BCUT2D eigenvalue weighted by Crippen LogP contribution is 2.30. The van der Waals surface area contributed by atoms with Gasteiger partial charge in [0.05, 0.1) is 21.8 Å². The molecule has 1 aromatic carbocycles. The average molecular weight is 335 g/mol. The molecule has 0 aliphatic carbocycles. The van der Waals surface area contributed by atoms with Gasteiger partial charge in [-0.05, 0) is 29.8 Å². The number of halogens is 3. The molecule has 0 aliphatic rings. The van der Waals surface area contributed by atoms with Crippen LogP contribution in [-0.2, 0) is 6.18 Å². The van der Waals surface area contributed by atoms with Crippen LogP contribution in [0.5, 0.6) is 5.75 Å². The zero-order valence-corrected chi connectivity index (χ0v) is 11.8. The largest absolute Gasteiger partial charge is 0.502 e. The maximum Gasteiger partial charge on any atom is 0.417 e. The topological polar surface area (TPSA) is 100 Å². The monoisotopic (exact) mass is 335 g/mol. The number of pyridine rings is 1. The lowest BCUT2D eigenvalue weighted by Crippen LogP contribution is -2.05. The number of aromatic hydroxyl groups is 1. The Bertz CT molecular complexity index is 853. The van der Waals surface area contributed by atoms with Gasteiger partial charge in [0.25, 0.3) is 0 Å². The second-order valence-corrected chi connectivity index (χ2v) is 4.60. The Morgan fingerprint density at radius 1 is 1.33 bits per heavy atom. The Labute approximate surface area is 133 Å². The van der Waals surface area contributed by atoms with Crippen molar-refractivity contribution < 1.29 is 23.2 Å². The smallest absolute Gasteiger partial charge is 0.417 e. The number of allylic oxidation sites excluding steroid dienone is 1. The number of benzene rings is 1. The number of aromatic nitrogens is 1. The van der Waals surface area contributed by atoms with Crippen molar-refractivity contribution >= 4 is 17.3 Å². The predicted molar refractivity (Wildman–Crippen MR) is 77.5 cm³/mol. The van der Waals surface area contributed by atoms with Crippen LogP contribution in [0.4, 0.5) is 18.9 Å². The third kappa shape index (κ3) is 3.67. The summed E-state index contributed by atoms with van der Waals surface area (Å²) in [6.07, 6.45) is -2.72. The minimum absolute atomic E-state index is 0.0128. The minimum atomic E-state index is -4.54. The number of nitro benzene ring substituents is 1. The summed E-state index contributed by atoms with van der Waals surface area (Å²) in [6, 6.07) is 7.04. The van der Waals surface area contributed by atoms with Gasteiger partial charge in [-0.15, -0.1) is 0 Å². The van der Waals surface area contributed by atoms with E-state index in [1.165, 1.54) is 12.1 Å². The molecule has 0 radical (unpaired) electrons. The third-order valence-electron chi connectivity index (χ3n) is 2.99. The number of nitrogens with zero attached hydrogens (tertiary/aromatic N) is 3. The van der Waals surface area contributed by atoms with Gasteiger partial charge in [-0.25, -0.2) is 0 Å². The van der Waals surface area contributed by atoms with Gasteiger partial charge in [0, 0.05) is 12.3 Å². The maximum absolute atomic E-state index is 12.5. The average Bonchev–Trinajstić information content (AvgIpc) is 2.53. The predicted octanol–water partition coefficient (Wildman–Crippen LogP) is 3.78. The molecule has 2 rings (SSSR count). The van der Waals surface area contributed by atoms with E-state index in [1.807, 2.05) is 0 Å². The minimum Gasteiger partial charge on any atom is -0.502 e. The lowest BCUT2D eigenvalue weighted by atomic mass is 10.1. The zero-order valence-electron chi connectivity index (χ0n) is 11.8. The number of rotatable bonds is 3. The van der Waals surface area contributed by atoms with Gasteiger partial charge in [0.15, 0.2) is 5.75 Å². The molecule has 1 N–H and O–H groups in total. The van der Waals surface area contributed by atoms with E-state index >= 15 is 0 Å². The Hall–Kier alpha value is -3.41. The molecule has 0 saturated heterocycles. The first-order chi connectivity index (χ1) is 11.2. The van der Waals surface area contributed by atoms with Crippen LogP contribution in [0, 0.1) is 21.4 Å². The number of phenols is 1. The van der Waals surface area contributed by atoms with Crippen LogP contribution in [0.1, 0.15) is 16.8 Å². The molecule has 0 aliphatic heterocycles. The van der Waals surface area contributed by atoms with Gasteiger partial charge in [-0.3, -0.25) is 15.1 Å². The molecule has 122 valence electrons. The molecular formula is C15H8F3N3O3. The molecule has 24 heavy (non-hydrogen) atoms. The molecule has 2 aromatic rings. The normalized spacial score (nSPS) is 11.8. The highest BCUT2D eigenvalue weighted by Gasteiger charge is 2.30.